The summed E-state index contributed by atoms with van der Waals surface area (Å²) in [7, 11) is -4.39. The second-order valence-corrected chi connectivity index (χ2v) is 18.1. The zero-order chi connectivity index (χ0) is 46.7. The van der Waals surface area contributed by atoms with E-state index in [0.717, 1.165) is 109 Å². The van der Waals surface area contributed by atoms with Crippen molar-refractivity contribution in [3.8, 4) is 0 Å². The highest BCUT2D eigenvalue weighted by molar-refractivity contribution is 7.47. The fourth-order valence-electron chi connectivity index (χ4n) is 6.75. The minimum Gasteiger partial charge on any atom is -0.462 e. The molecule has 0 fully saturated rings. The van der Waals surface area contributed by atoms with Gasteiger partial charge in [-0.2, -0.15) is 0 Å². The molecular weight excluding hydrogens is 822 g/mol. The van der Waals surface area contributed by atoms with E-state index in [2.05, 4.69) is 98.9 Å². The Morgan fingerprint density at radius 2 is 0.859 bits per heavy atom. The molecule has 0 bridgehead atoms. The SMILES string of the molecule is CC/C=C\C/C=C\C/C=C\C/C=C\C/C=C\C/C=C\CCCCCCCCC(=O)OC(COC(=O)CCCCCCCCC/C=C\CCCCCCCCC)COP(=O)(O)OCCN. The maximum absolute atomic E-state index is 12.7. The van der Waals surface area contributed by atoms with Crippen molar-refractivity contribution in [3.63, 3.8) is 0 Å². The number of hydrogen-bond acceptors (Lipinski definition) is 8. The standard InChI is InChI=1S/C54H94NO8P/c1-3-5-7-9-11-13-15-17-19-21-23-24-25-26-27-28-29-31-33-35-37-39-41-43-45-47-54(57)63-52(51-62-64(58,59)61-49-48-55)50-60-53(56)46-44-42-40-38-36-34-32-30-22-20-18-16-14-12-10-8-6-4-2/h5,7,11,13,17,19-20,22-24,26-27,29,31,52H,3-4,6,8-10,12,14-16,18,21,25,28,30,32-51,55H2,1-2H3,(H,58,59)/b7-5-,13-11-,19-17-,22-20-,24-23-,27-26-,31-29-. The first-order valence-corrected chi connectivity index (χ1v) is 27.1. The van der Waals surface area contributed by atoms with Crippen molar-refractivity contribution >= 4 is 19.8 Å². The number of carbonyl (C=O) groups is 2. The first kappa shape index (κ1) is 61.2. The Morgan fingerprint density at radius 1 is 0.484 bits per heavy atom. The van der Waals surface area contributed by atoms with Gasteiger partial charge < -0.3 is 20.1 Å². The lowest BCUT2D eigenvalue weighted by molar-refractivity contribution is -0.161. The van der Waals surface area contributed by atoms with Crippen molar-refractivity contribution in [1.82, 2.24) is 0 Å². The van der Waals surface area contributed by atoms with E-state index < -0.39 is 32.5 Å². The maximum Gasteiger partial charge on any atom is 0.472 e. The van der Waals surface area contributed by atoms with Gasteiger partial charge in [0.05, 0.1) is 13.2 Å². The number of ether oxygens (including phenoxy) is 2. The fourth-order valence-corrected chi connectivity index (χ4v) is 7.52. The van der Waals surface area contributed by atoms with Crippen molar-refractivity contribution in [2.24, 2.45) is 5.73 Å². The van der Waals surface area contributed by atoms with Crippen LogP contribution in [0, 0.1) is 0 Å². The highest BCUT2D eigenvalue weighted by Gasteiger charge is 2.26. The van der Waals surface area contributed by atoms with Gasteiger partial charge >= 0.3 is 19.8 Å². The average Bonchev–Trinajstić information content (AvgIpc) is 3.28. The number of phosphoric ester groups is 1. The zero-order valence-corrected chi connectivity index (χ0v) is 41.6. The minimum atomic E-state index is -4.39. The summed E-state index contributed by atoms with van der Waals surface area (Å²) in [4.78, 5) is 35.1. The molecule has 0 aliphatic carbocycles. The summed E-state index contributed by atoms with van der Waals surface area (Å²) in [6, 6.07) is 0. The normalized spacial score (nSPS) is 13.9. The van der Waals surface area contributed by atoms with E-state index in [0.29, 0.717) is 6.42 Å². The van der Waals surface area contributed by atoms with Crippen LogP contribution in [-0.2, 0) is 32.7 Å². The van der Waals surface area contributed by atoms with Crippen LogP contribution in [0.15, 0.2) is 85.1 Å². The van der Waals surface area contributed by atoms with E-state index in [-0.39, 0.29) is 32.6 Å². The van der Waals surface area contributed by atoms with Crippen LogP contribution in [0.1, 0.15) is 213 Å². The van der Waals surface area contributed by atoms with Gasteiger partial charge in [-0.1, -0.05) is 195 Å². The lowest BCUT2D eigenvalue weighted by atomic mass is 10.1. The van der Waals surface area contributed by atoms with E-state index in [1.807, 2.05) is 0 Å². The quantitative estimate of drug-likeness (QED) is 0.0265. The Kier molecular flexibility index (Phi) is 47.4. The molecule has 0 amide bonds. The number of nitrogens with two attached hydrogens (primary N) is 1. The molecule has 0 aromatic heterocycles. The van der Waals surface area contributed by atoms with Gasteiger partial charge in [-0.05, 0) is 89.9 Å². The van der Waals surface area contributed by atoms with Crippen LogP contribution < -0.4 is 5.73 Å². The molecule has 0 saturated heterocycles. The maximum atomic E-state index is 12.7. The Hall–Kier alpha value is -2.81. The lowest BCUT2D eigenvalue weighted by Gasteiger charge is -2.19. The number of allylic oxidation sites excluding steroid dienone is 14. The van der Waals surface area contributed by atoms with Gasteiger partial charge in [-0.3, -0.25) is 18.6 Å². The van der Waals surface area contributed by atoms with Crippen molar-refractivity contribution in [1.29, 1.82) is 0 Å². The van der Waals surface area contributed by atoms with Crippen LogP contribution in [0.2, 0.25) is 0 Å². The Labute approximate surface area is 392 Å². The molecule has 0 rings (SSSR count). The van der Waals surface area contributed by atoms with Gasteiger partial charge in [0.25, 0.3) is 0 Å². The van der Waals surface area contributed by atoms with E-state index in [9.17, 15) is 19.0 Å². The molecule has 0 aromatic carbocycles. The van der Waals surface area contributed by atoms with Crippen LogP contribution in [0.4, 0.5) is 0 Å². The number of phosphoric acid groups is 1. The summed E-state index contributed by atoms with van der Waals surface area (Å²) < 4.78 is 32.9. The molecule has 9 nitrogen and oxygen atoms in total. The monoisotopic (exact) mass is 916 g/mol. The third kappa shape index (κ3) is 48.6. The highest BCUT2D eigenvalue weighted by Crippen LogP contribution is 2.43. The van der Waals surface area contributed by atoms with Crippen LogP contribution >= 0.6 is 7.82 Å². The zero-order valence-electron chi connectivity index (χ0n) is 40.7. The number of carbonyl (C=O) groups excluding carboxylic acids is 2. The third-order valence-corrected chi connectivity index (χ3v) is 11.5. The Bertz CT molecular complexity index is 1320. The first-order chi connectivity index (χ1) is 31.3. The summed E-state index contributed by atoms with van der Waals surface area (Å²) in [5.41, 5.74) is 5.37. The van der Waals surface area contributed by atoms with Crippen LogP contribution in [0.25, 0.3) is 0 Å². The minimum absolute atomic E-state index is 0.0461. The summed E-state index contributed by atoms with van der Waals surface area (Å²) in [6.45, 7) is 3.60. The Balaban J connectivity index is 4.12. The second-order valence-electron chi connectivity index (χ2n) is 16.7. The molecule has 0 aliphatic rings. The number of hydrogen-bond donors (Lipinski definition) is 2. The number of rotatable bonds is 47. The fraction of sp³-hybridized carbons (Fsp3) is 0.704. The van der Waals surface area contributed by atoms with Crippen LogP contribution in [-0.4, -0.2) is 49.3 Å². The molecule has 3 N–H and O–H groups in total. The van der Waals surface area contributed by atoms with Crippen molar-refractivity contribution in [2.75, 3.05) is 26.4 Å². The molecule has 0 aromatic rings. The molecule has 0 spiro atoms. The van der Waals surface area contributed by atoms with E-state index in [1.165, 1.54) is 70.6 Å². The largest absolute Gasteiger partial charge is 0.472 e. The summed E-state index contributed by atoms with van der Waals surface area (Å²) in [5, 5.41) is 0. The van der Waals surface area contributed by atoms with Gasteiger partial charge in [-0.25, -0.2) is 4.57 Å². The molecule has 368 valence electrons. The van der Waals surface area contributed by atoms with Gasteiger partial charge in [0.15, 0.2) is 6.10 Å². The van der Waals surface area contributed by atoms with E-state index in [4.69, 9.17) is 24.3 Å². The summed E-state index contributed by atoms with van der Waals surface area (Å²) in [5.74, 6) is -0.853. The smallest absolute Gasteiger partial charge is 0.462 e. The van der Waals surface area contributed by atoms with Gasteiger partial charge in [0.2, 0.25) is 0 Å². The molecule has 0 heterocycles. The molecule has 10 heteroatoms. The topological polar surface area (TPSA) is 134 Å². The molecule has 2 unspecified atom stereocenters. The molecule has 0 radical (unpaired) electrons. The first-order valence-electron chi connectivity index (χ1n) is 25.6. The van der Waals surface area contributed by atoms with Gasteiger partial charge in [-0.15, -0.1) is 0 Å². The summed E-state index contributed by atoms with van der Waals surface area (Å²) in [6.07, 6.45) is 63.3. The lowest BCUT2D eigenvalue weighted by Crippen LogP contribution is -2.29. The predicted octanol–water partition coefficient (Wildman–Crippen LogP) is 15.6. The highest BCUT2D eigenvalue weighted by atomic mass is 31.2. The molecular formula is C54H94NO8P. The molecule has 64 heavy (non-hydrogen) atoms. The second kappa shape index (κ2) is 49.6. The molecule has 0 saturated carbocycles. The van der Waals surface area contributed by atoms with Gasteiger partial charge in [0.1, 0.15) is 6.61 Å². The van der Waals surface area contributed by atoms with Crippen molar-refractivity contribution < 1.29 is 37.6 Å². The summed E-state index contributed by atoms with van der Waals surface area (Å²) >= 11 is 0. The van der Waals surface area contributed by atoms with Gasteiger partial charge in [0, 0.05) is 19.4 Å². The molecule has 2 atom stereocenters. The van der Waals surface area contributed by atoms with Crippen molar-refractivity contribution in [2.45, 2.75) is 219 Å². The number of unbranched alkanes of at least 4 members (excludes halogenated alkanes) is 20. The average molecular weight is 916 g/mol. The van der Waals surface area contributed by atoms with Crippen molar-refractivity contribution in [3.05, 3.63) is 85.1 Å². The van der Waals surface area contributed by atoms with Crippen LogP contribution in [0.5, 0.6) is 0 Å². The van der Waals surface area contributed by atoms with E-state index >= 15 is 0 Å². The predicted molar refractivity (Wildman–Crippen MR) is 270 cm³/mol. The van der Waals surface area contributed by atoms with Crippen LogP contribution in [0.3, 0.4) is 0 Å². The van der Waals surface area contributed by atoms with E-state index in [1.54, 1.807) is 0 Å². The third-order valence-electron chi connectivity index (χ3n) is 10.5. The molecule has 0 aliphatic heterocycles. The Morgan fingerprint density at radius 3 is 1.30 bits per heavy atom. The number of esters is 2.